The van der Waals surface area contributed by atoms with Crippen LogP contribution in [0.1, 0.15) is 48.0 Å². The number of amides is 1. The van der Waals surface area contributed by atoms with Crippen molar-refractivity contribution in [2.24, 2.45) is 5.92 Å². The molecular weight excluding hydrogens is 373 g/mol. The molecule has 0 radical (unpaired) electrons. The third kappa shape index (κ3) is 2.98. The molecule has 1 amide bonds. The van der Waals surface area contributed by atoms with Crippen LogP contribution in [0.4, 0.5) is 27.8 Å². The van der Waals surface area contributed by atoms with Crippen molar-refractivity contribution in [2.45, 2.75) is 51.0 Å². The van der Waals surface area contributed by atoms with Gasteiger partial charge in [0.15, 0.2) is 6.04 Å². The molecule has 3 heterocycles. The van der Waals surface area contributed by atoms with Crippen LogP contribution in [0.25, 0.3) is 0 Å². The first-order valence-corrected chi connectivity index (χ1v) is 8.46. The molecule has 0 N–H and O–H groups in total. The predicted octanol–water partition coefficient (Wildman–Crippen LogP) is 3.72. The van der Waals surface area contributed by atoms with Crippen LogP contribution in [0.15, 0.2) is 18.3 Å². The highest BCUT2D eigenvalue weighted by Gasteiger charge is 2.53. The zero-order chi connectivity index (χ0) is 19.5. The summed E-state index contributed by atoms with van der Waals surface area (Å²) in [6.07, 6.45) is -2.42. The highest BCUT2D eigenvalue weighted by molar-refractivity contribution is 6.05. The van der Waals surface area contributed by atoms with Crippen molar-refractivity contribution in [3.8, 4) is 0 Å². The Hall–Kier alpha value is -2.46. The summed E-state index contributed by atoms with van der Waals surface area (Å²) in [6.45, 7) is -1.51. The number of halogens is 5. The Morgan fingerprint density at radius 2 is 2.00 bits per heavy atom. The highest BCUT2D eigenvalue weighted by Crippen LogP contribution is 2.48. The van der Waals surface area contributed by atoms with Gasteiger partial charge in [0, 0.05) is 18.3 Å². The molecule has 0 unspecified atom stereocenters. The average molecular weight is 389 g/mol. The lowest BCUT2D eigenvalue weighted by atomic mass is 9.97. The molecule has 1 aliphatic heterocycles. The molecule has 2 aromatic heterocycles. The van der Waals surface area contributed by atoms with E-state index in [9.17, 15) is 26.7 Å². The number of aryl methyl sites for hydroxylation is 1. The second-order valence-corrected chi connectivity index (χ2v) is 6.90. The Bertz CT molecular complexity index is 869. The summed E-state index contributed by atoms with van der Waals surface area (Å²) in [5.41, 5.74) is -0.0534. The van der Waals surface area contributed by atoms with Gasteiger partial charge >= 0.3 is 12.7 Å². The number of alkyl halides is 5. The van der Waals surface area contributed by atoms with Gasteiger partial charge in [0.05, 0.1) is 5.69 Å². The first-order valence-electron chi connectivity index (χ1n) is 8.46. The molecule has 1 aliphatic carbocycles. The van der Waals surface area contributed by atoms with Crippen LogP contribution in [0, 0.1) is 12.8 Å². The van der Waals surface area contributed by atoms with Crippen molar-refractivity contribution in [3.63, 3.8) is 0 Å². The van der Waals surface area contributed by atoms with Crippen LogP contribution in [0.3, 0.4) is 0 Å². The Morgan fingerprint density at radius 1 is 1.30 bits per heavy atom. The van der Waals surface area contributed by atoms with Gasteiger partial charge in [0.2, 0.25) is 0 Å². The number of carbonyl (C=O) groups is 1. The molecule has 0 aromatic carbocycles. The maximum Gasteiger partial charge on any atom is 0.410 e. The zero-order valence-corrected chi connectivity index (χ0v) is 14.2. The van der Waals surface area contributed by atoms with Gasteiger partial charge in [0.25, 0.3) is 5.91 Å². The van der Waals surface area contributed by atoms with E-state index >= 15 is 0 Å². The van der Waals surface area contributed by atoms with Gasteiger partial charge in [0.1, 0.15) is 11.5 Å². The van der Waals surface area contributed by atoms with Crippen molar-refractivity contribution < 1.29 is 26.7 Å². The first kappa shape index (κ1) is 17.9. The van der Waals surface area contributed by atoms with Gasteiger partial charge in [-0.15, -0.1) is 0 Å². The summed E-state index contributed by atoms with van der Waals surface area (Å²) < 4.78 is 68.1. The summed E-state index contributed by atoms with van der Waals surface area (Å²) in [4.78, 5) is 14.3. The second-order valence-electron chi connectivity index (χ2n) is 6.90. The quantitative estimate of drug-likeness (QED) is 0.752. The molecule has 1 fully saturated rings. The maximum atomic E-state index is 13.6. The van der Waals surface area contributed by atoms with Crippen LogP contribution in [-0.4, -0.2) is 37.7 Å². The minimum Gasteiger partial charge on any atom is -0.288 e. The molecule has 2 aliphatic rings. The summed E-state index contributed by atoms with van der Waals surface area (Å²) in [5.74, 6) is -0.915. The fourth-order valence-corrected chi connectivity index (χ4v) is 3.69. The van der Waals surface area contributed by atoms with E-state index in [1.807, 2.05) is 0 Å². The molecule has 4 rings (SSSR count). The summed E-state index contributed by atoms with van der Waals surface area (Å²) >= 11 is 0. The van der Waals surface area contributed by atoms with E-state index in [1.54, 1.807) is 0 Å². The molecular formula is C16H16F5N5O. The molecule has 146 valence electrons. The fourth-order valence-electron chi connectivity index (χ4n) is 3.69. The summed E-state index contributed by atoms with van der Waals surface area (Å²) in [7, 11) is 0. The number of rotatable bonds is 3. The predicted molar refractivity (Wildman–Crippen MR) is 83.5 cm³/mol. The van der Waals surface area contributed by atoms with Crippen LogP contribution in [0.5, 0.6) is 0 Å². The van der Waals surface area contributed by atoms with Crippen molar-refractivity contribution in [1.82, 2.24) is 19.6 Å². The molecule has 2 aromatic rings. The topological polar surface area (TPSA) is 56.0 Å². The first-order chi connectivity index (χ1) is 12.7. The number of hydrogen-bond acceptors (Lipinski definition) is 3. The van der Waals surface area contributed by atoms with E-state index in [-0.39, 0.29) is 28.5 Å². The van der Waals surface area contributed by atoms with E-state index in [2.05, 4.69) is 10.2 Å². The molecule has 6 nitrogen and oxygen atoms in total. The van der Waals surface area contributed by atoms with Crippen molar-refractivity contribution in [2.75, 3.05) is 4.90 Å². The average Bonchev–Trinajstić information content (AvgIpc) is 3.15. The minimum atomic E-state index is -4.53. The third-order valence-electron chi connectivity index (χ3n) is 5.01. The molecule has 27 heavy (non-hydrogen) atoms. The molecule has 11 heteroatoms. The van der Waals surface area contributed by atoms with Crippen molar-refractivity contribution >= 4 is 11.7 Å². The Labute approximate surface area is 150 Å². The van der Waals surface area contributed by atoms with Crippen LogP contribution >= 0.6 is 0 Å². The van der Waals surface area contributed by atoms with Gasteiger partial charge in [-0.2, -0.15) is 36.8 Å². The smallest absolute Gasteiger partial charge is 0.288 e. The fraction of sp³-hybridized carbons (Fsp3) is 0.562. The maximum absolute atomic E-state index is 13.6. The summed E-state index contributed by atoms with van der Waals surface area (Å²) in [6, 6.07) is -0.0551. The van der Waals surface area contributed by atoms with Crippen LogP contribution in [-0.2, 0) is 0 Å². The van der Waals surface area contributed by atoms with E-state index in [0.717, 1.165) is 16.9 Å². The lowest BCUT2D eigenvalue weighted by molar-refractivity contribution is -0.174. The number of fused-ring (bicyclic) bond motifs is 1. The number of nitrogens with zero attached hydrogens (tertiary/aromatic N) is 5. The Balaban J connectivity index is 1.82. The van der Waals surface area contributed by atoms with Crippen LogP contribution in [0.2, 0.25) is 0 Å². The largest absolute Gasteiger partial charge is 0.410 e. The zero-order valence-electron chi connectivity index (χ0n) is 14.2. The Morgan fingerprint density at radius 3 is 2.59 bits per heavy atom. The van der Waals surface area contributed by atoms with Crippen molar-refractivity contribution in [1.29, 1.82) is 0 Å². The number of carbonyl (C=O) groups excluding carboxylic acids is 1. The molecule has 0 spiro atoms. The molecule has 0 saturated heterocycles. The van der Waals surface area contributed by atoms with Gasteiger partial charge in [-0.3, -0.25) is 9.69 Å². The highest BCUT2D eigenvalue weighted by atomic mass is 19.4. The Kier molecular flexibility index (Phi) is 4.00. The van der Waals surface area contributed by atoms with E-state index in [0.29, 0.717) is 18.5 Å². The monoisotopic (exact) mass is 389 g/mol. The number of hydrogen-bond donors (Lipinski definition) is 0. The minimum absolute atomic E-state index is 0.0232. The normalized spacial score (nSPS) is 23.0. The molecule has 1 saturated carbocycles. The molecule has 2 atom stereocenters. The molecule has 0 bridgehead atoms. The van der Waals surface area contributed by atoms with Gasteiger partial charge < -0.3 is 0 Å². The lowest BCUT2D eigenvalue weighted by Gasteiger charge is -2.40. The second kappa shape index (κ2) is 6.03. The number of anilines is 1. The van der Waals surface area contributed by atoms with Crippen molar-refractivity contribution in [3.05, 3.63) is 29.7 Å². The van der Waals surface area contributed by atoms with Gasteiger partial charge in [-0.25, -0.2) is 4.68 Å². The third-order valence-corrected chi connectivity index (χ3v) is 5.01. The van der Waals surface area contributed by atoms with Crippen LogP contribution < -0.4 is 4.90 Å². The number of aromatic nitrogens is 4. The van der Waals surface area contributed by atoms with E-state index in [4.69, 9.17) is 0 Å². The standard InChI is InChI=1S/C16H16F5N5O/c1-8-6-13-24(14(27)10-4-5-22-25(10)15(17)18)11(9-2-3-9)7-12(16(19,20)21)26(13)23-8/h4-6,9,11-12,15H,2-3,7H2,1H3/t11-,12+/m0/s1. The summed E-state index contributed by atoms with van der Waals surface area (Å²) in [5, 5.41) is 7.37. The van der Waals surface area contributed by atoms with Gasteiger partial charge in [-0.05, 0) is 38.2 Å². The lowest BCUT2D eigenvalue weighted by Crippen LogP contribution is -2.51. The van der Waals surface area contributed by atoms with E-state index in [1.165, 1.54) is 17.9 Å². The SMILES string of the molecule is Cc1cc2n(n1)[C@@H](C(F)(F)F)C[C@@H](C1CC1)N2C(=O)c1ccnn1C(F)F. The van der Waals surface area contributed by atoms with Gasteiger partial charge in [-0.1, -0.05) is 0 Å². The van der Waals surface area contributed by atoms with E-state index < -0.39 is 30.7 Å².